The van der Waals surface area contributed by atoms with E-state index in [4.69, 9.17) is 0 Å². The summed E-state index contributed by atoms with van der Waals surface area (Å²) in [5.41, 5.74) is 1.36. The highest BCUT2D eigenvalue weighted by molar-refractivity contribution is 9.10. The van der Waals surface area contributed by atoms with Crippen LogP contribution < -0.4 is 5.32 Å². The number of halogens is 1. The molecule has 0 bridgehead atoms. The van der Waals surface area contributed by atoms with Crippen molar-refractivity contribution in [3.8, 4) is 0 Å². The molecule has 0 aliphatic heterocycles. The van der Waals surface area contributed by atoms with Gasteiger partial charge in [0.15, 0.2) is 0 Å². The van der Waals surface area contributed by atoms with Crippen LogP contribution in [-0.4, -0.2) is 17.1 Å². The number of thioether (sulfide) groups is 1. The number of nitrogens with one attached hydrogen (secondary N) is 2. The lowest BCUT2D eigenvalue weighted by atomic mass is 10.3. The standard InChI is InChI=1S/C12H11BrN2OS/c1-17-11-5-3-2-4-9(11)15-12(16)10-6-8(13)7-14-10/h2-7,14H,1H3,(H,15,16). The number of benzene rings is 1. The van der Waals surface area contributed by atoms with E-state index in [1.165, 1.54) is 0 Å². The van der Waals surface area contributed by atoms with Gasteiger partial charge >= 0.3 is 0 Å². The zero-order valence-corrected chi connectivity index (χ0v) is 11.6. The van der Waals surface area contributed by atoms with Crippen molar-refractivity contribution in [2.24, 2.45) is 0 Å². The van der Waals surface area contributed by atoms with Crippen molar-refractivity contribution in [1.29, 1.82) is 0 Å². The molecule has 2 aromatic rings. The summed E-state index contributed by atoms with van der Waals surface area (Å²) in [6.45, 7) is 0. The fourth-order valence-corrected chi connectivity index (χ4v) is 2.33. The molecule has 1 aromatic heterocycles. The van der Waals surface area contributed by atoms with E-state index in [1.807, 2.05) is 30.5 Å². The van der Waals surface area contributed by atoms with E-state index >= 15 is 0 Å². The van der Waals surface area contributed by atoms with Crippen molar-refractivity contribution in [2.45, 2.75) is 4.90 Å². The van der Waals surface area contributed by atoms with Crippen LogP contribution in [0.4, 0.5) is 5.69 Å². The maximum atomic E-state index is 11.9. The highest BCUT2D eigenvalue weighted by Crippen LogP contribution is 2.25. The predicted octanol–water partition coefficient (Wildman–Crippen LogP) is 3.75. The van der Waals surface area contributed by atoms with Crippen LogP contribution in [0, 0.1) is 0 Å². The van der Waals surface area contributed by atoms with E-state index in [0.29, 0.717) is 5.69 Å². The van der Waals surface area contributed by atoms with Gasteiger partial charge in [-0.3, -0.25) is 4.79 Å². The molecule has 2 rings (SSSR count). The SMILES string of the molecule is CSc1ccccc1NC(=O)c1cc(Br)c[nH]1. The molecule has 0 fully saturated rings. The Labute approximate surface area is 112 Å². The number of para-hydroxylation sites is 1. The lowest BCUT2D eigenvalue weighted by molar-refractivity contribution is 0.102. The topological polar surface area (TPSA) is 44.9 Å². The lowest BCUT2D eigenvalue weighted by Crippen LogP contribution is -2.12. The molecule has 0 spiro atoms. The third kappa shape index (κ3) is 2.92. The Morgan fingerprint density at radius 1 is 1.41 bits per heavy atom. The van der Waals surface area contributed by atoms with Crippen LogP contribution in [0.3, 0.4) is 0 Å². The molecule has 0 atom stereocenters. The van der Waals surface area contributed by atoms with Crippen molar-refractivity contribution >= 4 is 39.3 Å². The van der Waals surface area contributed by atoms with Crippen LogP contribution in [0.1, 0.15) is 10.5 Å². The Morgan fingerprint density at radius 2 is 2.18 bits per heavy atom. The van der Waals surface area contributed by atoms with Crippen molar-refractivity contribution in [1.82, 2.24) is 4.98 Å². The van der Waals surface area contributed by atoms with Gasteiger partial charge in [0.1, 0.15) is 5.69 Å². The predicted molar refractivity (Wildman–Crippen MR) is 74.7 cm³/mol. The third-order valence-corrected chi connectivity index (χ3v) is 3.50. The molecule has 5 heteroatoms. The van der Waals surface area contributed by atoms with Gasteiger partial charge in [-0.1, -0.05) is 12.1 Å². The van der Waals surface area contributed by atoms with Crippen molar-refractivity contribution in [2.75, 3.05) is 11.6 Å². The molecular weight excluding hydrogens is 300 g/mol. The van der Waals surface area contributed by atoms with Gasteiger partial charge in [0, 0.05) is 15.6 Å². The number of anilines is 1. The van der Waals surface area contributed by atoms with Crippen molar-refractivity contribution in [3.05, 3.63) is 46.7 Å². The minimum absolute atomic E-state index is 0.141. The molecule has 88 valence electrons. The largest absolute Gasteiger partial charge is 0.356 e. The fraction of sp³-hybridized carbons (Fsp3) is 0.0833. The molecule has 17 heavy (non-hydrogen) atoms. The molecule has 3 nitrogen and oxygen atoms in total. The average Bonchev–Trinajstić information content (AvgIpc) is 2.77. The van der Waals surface area contributed by atoms with Crippen LogP contribution in [0.15, 0.2) is 45.9 Å². The molecule has 0 aliphatic carbocycles. The molecule has 1 heterocycles. The summed E-state index contributed by atoms with van der Waals surface area (Å²) in [5, 5.41) is 2.88. The molecule has 0 saturated carbocycles. The Kier molecular flexibility index (Phi) is 3.91. The van der Waals surface area contributed by atoms with Crippen LogP contribution in [0.2, 0.25) is 0 Å². The summed E-state index contributed by atoms with van der Waals surface area (Å²) in [4.78, 5) is 15.9. The van der Waals surface area contributed by atoms with Gasteiger partial charge in [-0.25, -0.2) is 0 Å². The second-order valence-electron chi connectivity index (χ2n) is 3.39. The first-order chi connectivity index (χ1) is 8.20. The molecule has 2 N–H and O–H groups in total. The van der Waals surface area contributed by atoms with Gasteiger partial charge in [0.25, 0.3) is 5.91 Å². The highest BCUT2D eigenvalue weighted by atomic mass is 79.9. The first-order valence-electron chi connectivity index (χ1n) is 4.99. The molecule has 0 unspecified atom stereocenters. The molecule has 1 amide bonds. The summed E-state index contributed by atoms with van der Waals surface area (Å²) in [7, 11) is 0. The number of rotatable bonds is 3. The second kappa shape index (κ2) is 5.42. The van der Waals surface area contributed by atoms with Crippen LogP contribution in [0.5, 0.6) is 0 Å². The molecule has 0 saturated heterocycles. The number of hydrogen-bond acceptors (Lipinski definition) is 2. The zero-order chi connectivity index (χ0) is 12.3. The Balaban J connectivity index is 2.18. The first-order valence-corrected chi connectivity index (χ1v) is 7.01. The number of aromatic amines is 1. The minimum atomic E-state index is -0.141. The van der Waals surface area contributed by atoms with Gasteiger partial charge in [-0.2, -0.15) is 0 Å². The van der Waals surface area contributed by atoms with Crippen LogP contribution in [0.25, 0.3) is 0 Å². The number of hydrogen-bond donors (Lipinski definition) is 2. The van der Waals surface area contributed by atoms with E-state index in [1.54, 1.807) is 24.0 Å². The number of carbonyl (C=O) groups excluding carboxylic acids is 1. The molecule has 1 aromatic carbocycles. The monoisotopic (exact) mass is 310 g/mol. The van der Waals surface area contributed by atoms with Gasteiger partial charge in [0.2, 0.25) is 0 Å². The minimum Gasteiger partial charge on any atom is -0.356 e. The van der Waals surface area contributed by atoms with E-state index in [9.17, 15) is 4.79 Å². The summed E-state index contributed by atoms with van der Waals surface area (Å²) in [6, 6.07) is 9.47. The van der Waals surface area contributed by atoms with Gasteiger partial charge in [-0.05, 0) is 40.4 Å². The average molecular weight is 311 g/mol. The third-order valence-electron chi connectivity index (χ3n) is 2.25. The number of aromatic nitrogens is 1. The molecular formula is C12H11BrN2OS. The van der Waals surface area contributed by atoms with Crippen molar-refractivity contribution in [3.63, 3.8) is 0 Å². The summed E-state index contributed by atoms with van der Waals surface area (Å²) in [6.07, 6.45) is 3.71. The summed E-state index contributed by atoms with van der Waals surface area (Å²) >= 11 is 4.90. The number of amides is 1. The van der Waals surface area contributed by atoms with Gasteiger partial charge in [-0.15, -0.1) is 11.8 Å². The summed E-state index contributed by atoms with van der Waals surface area (Å²) in [5.74, 6) is -0.141. The zero-order valence-electron chi connectivity index (χ0n) is 9.16. The number of carbonyl (C=O) groups is 1. The maximum Gasteiger partial charge on any atom is 0.272 e. The van der Waals surface area contributed by atoms with E-state index in [0.717, 1.165) is 15.1 Å². The normalized spacial score (nSPS) is 10.2. The van der Waals surface area contributed by atoms with Crippen LogP contribution >= 0.6 is 27.7 Å². The molecule has 0 aliphatic rings. The quantitative estimate of drug-likeness (QED) is 0.848. The van der Waals surface area contributed by atoms with E-state index in [2.05, 4.69) is 26.2 Å². The number of H-pyrrole nitrogens is 1. The fourth-order valence-electron chi connectivity index (χ4n) is 1.44. The Bertz CT molecular complexity index is 539. The maximum absolute atomic E-state index is 11.9. The van der Waals surface area contributed by atoms with E-state index < -0.39 is 0 Å². The van der Waals surface area contributed by atoms with Gasteiger partial charge < -0.3 is 10.3 Å². The Morgan fingerprint density at radius 3 is 2.82 bits per heavy atom. The van der Waals surface area contributed by atoms with Gasteiger partial charge in [0.05, 0.1) is 5.69 Å². The molecule has 0 radical (unpaired) electrons. The Hall–Kier alpha value is -1.20. The van der Waals surface area contributed by atoms with Crippen LogP contribution in [-0.2, 0) is 0 Å². The first kappa shape index (κ1) is 12.3. The van der Waals surface area contributed by atoms with Crippen molar-refractivity contribution < 1.29 is 4.79 Å². The second-order valence-corrected chi connectivity index (χ2v) is 5.15. The lowest BCUT2D eigenvalue weighted by Gasteiger charge is -2.07. The van der Waals surface area contributed by atoms with E-state index in [-0.39, 0.29) is 5.91 Å². The highest BCUT2D eigenvalue weighted by Gasteiger charge is 2.09. The smallest absolute Gasteiger partial charge is 0.272 e. The summed E-state index contributed by atoms with van der Waals surface area (Å²) < 4.78 is 0.862.